The summed E-state index contributed by atoms with van der Waals surface area (Å²) in [4.78, 5) is 0. The van der Waals surface area contributed by atoms with E-state index >= 15 is 0 Å². The smallest absolute Gasteiger partial charge is 0.123 e. The van der Waals surface area contributed by atoms with Crippen LogP contribution < -0.4 is 4.74 Å². The molecule has 98 valence electrons. The molecule has 0 amide bonds. The summed E-state index contributed by atoms with van der Waals surface area (Å²) in [5.41, 5.74) is 1.17. The second kappa shape index (κ2) is 4.41. The first-order valence-electron chi connectivity index (χ1n) is 6.62. The lowest BCUT2D eigenvalue weighted by Crippen LogP contribution is -2.29. The third-order valence-corrected chi connectivity index (χ3v) is 4.94. The fourth-order valence-electron chi connectivity index (χ4n) is 3.03. The highest BCUT2D eigenvalue weighted by Gasteiger charge is 2.43. The molecule has 0 bridgehead atoms. The minimum absolute atomic E-state index is 0.158. The Hall–Kier alpha value is -0.760. The first-order chi connectivity index (χ1) is 8.60. The number of rotatable bonds is 4. The van der Waals surface area contributed by atoms with Crippen LogP contribution in [0.3, 0.4) is 0 Å². The molecule has 2 atom stereocenters. The number of benzene rings is 1. The number of fused-ring (bicyclic) bond motifs is 1. The van der Waals surface area contributed by atoms with Crippen LogP contribution in [0.4, 0.5) is 4.39 Å². The lowest BCUT2D eigenvalue weighted by atomic mass is 9.80. The molecule has 0 N–H and O–H groups in total. The van der Waals surface area contributed by atoms with E-state index in [1.807, 2.05) is 0 Å². The molecule has 1 heterocycles. The zero-order chi connectivity index (χ0) is 12.8. The van der Waals surface area contributed by atoms with Crippen LogP contribution in [0.1, 0.15) is 31.7 Å². The van der Waals surface area contributed by atoms with Crippen molar-refractivity contribution in [2.24, 2.45) is 11.3 Å². The highest BCUT2D eigenvalue weighted by atomic mass is 35.5. The Morgan fingerprint density at radius 1 is 1.44 bits per heavy atom. The van der Waals surface area contributed by atoms with Crippen LogP contribution in [0.2, 0.25) is 0 Å². The molecule has 0 saturated heterocycles. The van der Waals surface area contributed by atoms with E-state index in [-0.39, 0.29) is 17.3 Å². The van der Waals surface area contributed by atoms with Gasteiger partial charge in [-0.25, -0.2) is 4.39 Å². The van der Waals surface area contributed by atoms with Gasteiger partial charge >= 0.3 is 0 Å². The number of alkyl halides is 1. The van der Waals surface area contributed by atoms with Crippen LogP contribution in [0, 0.1) is 17.2 Å². The van der Waals surface area contributed by atoms with Gasteiger partial charge in [0, 0.05) is 17.9 Å². The summed E-state index contributed by atoms with van der Waals surface area (Å²) in [6, 6.07) is 4.78. The van der Waals surface area contributed by atoms with Crippen molar-refractivity contribution in [1.82, 2.24) is 0 Å². The monoisotopic (exact) mass is 268 g/mol. The highest BCUT2D eigenvalue weighted by Crippen LogP contribution is 2.50. The van der Waals surface area contributed by atoms with Crippen molar-refractivity contribution in [3.8, 4) is 5.75 Å². The molecular weight excluding hydrogens is 251 g/mol. The van der Waals surface area contributed by atoms with E-state index in [0.717, 1.165) is 30.1 Å². The lowest BCUT2D eigenvalue weighted by molar-refractivity contribution is 0.144. The topological polar surface area (TPSA) is 9.23 Å². The molecule has 2 aliphatic rings. The van der Waals surface area contributed by atoms with Crippen LogP contribution in [0.15, 0.2) is 18.2 Å². The maximum atomic E-state index is 13.2. The molecule has 1 aromatic rings. The van der Waals surface area contributed by atoms with Gasteiger partial charge in [-0.3, -0.25) is 0 Å². The lowest BCUT2D eigenvalue weighted by Gasteiger charge is -2.29. The SMILES string of the molecule is CC(CCl)(CC1Cc2cc(F)ccc2O1)C1CC1. The summed E-state index contributed by atoms with van der Waals surface area (Å²) in [7, 11) is 0. The minimum Gasteiger partial charge on any atom is -0.490 e. The third-order valence-electron chi connectivity index (χ3n) is 4.33. The molecule has 1 saturated carbocycles. The Morgan fingerprint density at radius 3 is 2.89 bits per heavy atom. The van der Waals surface area contributed by atoms with Crippen LogP contribution in [-0.4, -0.2) is 12.0 Å². The Bertz CT molecular complexity index is 458. The maximum Gasteiger partial charge on any atom is 0.123 e. The van der Waals surface area contributed by atoms with E-state index in [9.17, 15) is 4.39 Å². The van der Waals surface area contributed by atoms with Crippen molar-refractivity contribution in [2.45, 2.75) is 38.7 Å². The third kappa shape index (κ3) is 2.23. The van der Waals surface area contributed by atoms with Gasteiger partial charge in [0.25, 0.3) is 0 Å². The van der Waals surface area contributed by atoms with Crippen LogP contribution >= 0.6 is 11.6 Å². The summed E-state index contributed by atoms with van der Waals surface area (Å²) >= 11 is 6.14. The Kier molecular flexibility index (Phi) is 3.01. The molecule has 1 fully saturated rings. The summed E-state index contributed by atoms with van der Waals surface area (Å²) in [6.07, 6.45) is 4.52. The quantitative estimate of drug-likeness (QED) is 0.745. The van der Waals surface area contributed by atoms with Gasteiger partial charge in [0.2, 0.25) is 0 Å². The molecule has 1 aromatic carbocycles. The Balaban J connectivity index is 1.70. The van der Waals surface area contributed by atoms with Gasteiger partial charge in [-0.1, -0.05) is 6.92 Å². The number of halogens is 2. The van der Waals surface area contributed by atoms with E-state index in [4.69, 9.17) is 16.3 Å². The van der Waals surface area contributed by atoms with Gasteiger partial charge < -0.3 is 4.74 Å². The molecule has 0 radical (unpaired) electrons. The van der Waals surface area contributed by atoms with Gasteiger partial charge in [-0.15, -0.1) is 11.6 Å². The average molecular weight is 269 g/mol. The Labute approximate surface area is 112 Å². The number of hydrogen-bond acceptors (Lipinski definition) is 1. The van der Waals surface area contributed by atoms with Crippen LogP contribution in [0.5, 0.6) is 5.75 Å². The Morgan fingerprint density at radius 2 is 2.22 bits per heavy atom. The van der Waals surface area contributed by atoms with Crippen molar-refractivity contribution >= 4 is 11.6 Å². The normalized spacial score (nSPS) is 25.4. The molecule has 2 unspecified atom stereocenters. The van der Waals surface area contributed by atoms with E-state index in [1.54, 1.807) is 12.1 Å². The van der Waals surface area contributed by atoms with Gasteiger partial charge in [0.15, 0.2) is 0 Å². The predicted molar refractivity (Wildman–Crippen MR) is 70.7 cm³/mol. The largest absolute Gasteiger partial charge is 0.490 e. The predicted octanol–water partition coefficient (Wildman–Crippen LogP) is 4.17. The molecule has 3 heteroatoms. The fraction of sp³-hybridized carbons (Fsp3) is 0.600. The minimum atomic E-state index is -0.180. The molecule has 1 aliphatic carbocycles. The van der Waals surface area contributed by atoms with Crippen LogP contribution in [-0.2, 0) is 6.42 Å². The molecule has 0 aromatic heterocycles. The summed E-state index contributed by atoms with van der Waals surface area (Å²) in [6.45, 7) is 2.25. The van der Waals surface area contributed by atoms with Gasteiger partial charge in [-0.2, -0.15) is 0 Å². The van der Waals surface area contributed by atoms with Gasteiger partial charge in [0.1, 0.15) is 17.7 Å². The molecule has 1 aliphatic heterocycles. The molecule has 1 nitrogen and oxygen atoms in total. The van der Waals surface area contributed by atoms with Crippen molar-refractivity contribution in [3.63, 3.8) is 0 Å². The fourth-order valence-corrected chi connectivity index (χ4v) is 3.36. The first-order valence-corrected chi connectivity index (χ1v) is 7.15. The number of ether oxygens (including phenoxy) is 1. The van der Waals surface area contributed by atoms with Gasteiger partial charge in [-0.05, 0) is 48.8 Å². The first kappa shape index (κ1) is 12.3. The summed E-state index contributed by atoms with van der Waals surface area (Å²) < 4.78 is 19.1. The number of hydrogen-bond donors (Lipinski definition) is 0. The summed E-state index contributed by atoms with van der Waals surface area (Å²) in [5, 5.41) is 0. The van der Waals surface area contributed by atoms with Crippen molar-refractivity contribution in [1.29, 1.82) is 0 Å². The highest BCUT2D eigenvalue weighted by molar-refractivity contribution is 6.18. The summed E-state index contributed by atoms with van der Waals surface area (Å²) in [5.74, 6) is 2.09. The van der Waals surface area contributed by atoms with E-state index < -0.39 is 0 Å². The zero-order valence-electron chi connectivity index (χ0n) is 10.6. The second-order valence-corrected chi connectivity index (χ2v) is 6.23. The van der Waals surface area contributed by atoms with Crippen molar-refractivity contribution < 1.29 is 9.13 Å². The van der Waals surface area contributed by atoms with Crippen LogP contribution in [0.25, 0.3) is 0 Å². The van der Waals surface area contributed by atoms with Gasteiger partial charge in [0.05, 0.1) is 0 Å². The van der Waals surface area contributed by atoms with E-state index in [1.165, 1.54) is 18.9 Å². The maximum absolute atomic E-state index is 13.2. The van der Waals surface area contributed by atoms with Crippen molar-refractivity contribution in [2.75, 3.05) is 5.88 Å². The van der Waals surface area contributed by atoms with E-state index in [2.05, 4.69) is 6.92 Å². The average Bonchev–Trinajstić information content (AvgIpc) is 3.12. The van der Waals surface area contributed by atoms with E-state index in [0.29, 0.717) is 5.88 Å². The standard InChI is InChI=1S/C15H18ClFO/c1-15(9-16,11-2-3-11)8-13-7-10-6-12(17)4-5-14(10)18-13/h4-6,11,13H,2-3,7-9H2,1H3. The molecule has 3 rings (SSSR count). The molecular formula is C15H18ClFO. The molecule has 0 spiro atoms. The molecule has 18 heavy (non-hydrogen) atoms. The zero-order valence-corrected chi connectivity index (χ0v) is 11.3. The second-order valence-electron chi connectivity index (χ2n) is 5.96. The van der Waals surface area contributed by atoms with Crippen molar-refractivity contribution in [3.05, 3.63) is 29.6 Å².